The van der Waals surface area contributed by atoms with E-state index in [2.05, 4.69) is 28.5 Å². The molecule has 1 aromatic heterocycles. The molecule has 0 aliphatic heterocycles. The van der Waals surface area contributed by atoms with Gasteiger partial charge >= 0.3 is 0 Å². The van der Waals surface area contributed by atoms with E-state index in [-0.39, 0.29) is 11.8 Å². The number of benzene rings is 2. The smallest absolute Gasteiger partial charge is 0.231 e. The first-order chi connectivity index (χ1) is 10.7. The molecule has 0 fully saturated rings. The van der Waals surface area contributed by atoms with E-state index in [1.807, 2.05) is 50.2 Å². The zero-order valence-electron chi connectivity index (χ0n) is 12.7. The van der Waals surface area contributed by atoms with Gasteiger partial charge in [-0.05, 0) is 42.3 Å². The number of rotatable bonds is 3. The summed E-state index contributed by atoms with van der Waals surface area (Å²) < 4.78 is 0. The highest BCUT2D eigenvalue weighted by Crippen LogP contribution is 2.26. The molecule has 0 radical (unpaired) electrons. The molecule has 1 N–H and O–H groups in total. The minimum atomic E-state index is -0.231. The molecule has 3 aromatic rings. The Morgan fingerprint density at radius 1 is 1.05 bits per heavy atom. The predicted octanol–water partition coefficient (Wildman–Crippen LogP) is 4.29. The summed E-state index contributed by atoms with van der Waals surface area (Å²) in [5, 5.41) is 5.24. The lowest BCUT2D eigenvalue weighted by atomic mass is 9.94. The van der Waals surface area contributed by atoms with E-state index in [1.54, 1.807) is 6.20 Å². The second kappa shape index (κ2) is 5.98. The molecule has 1 amide bonds. The van der Waals surface area contributed by atoms with Gasteiger partial charge in [0.1, 0.15) is 0 Å². The molecular weight excluding hydrogens is 272 g/mol. The zero-order chi connectivity index (χ0) is 15.5. The van der Waals surface area contributed by atoms with Gasteiger partial charge in [-0.1, -0.05) is 42.5 Å². The number of aryl methyl sites for hydroxylation is 1. The summed E-state index contributed by atoms with van der Waals surface area (Å²) in [6, 6.07) is 17.9. The highest BCUT2D eigenvalue weighted by molar-refractivity contribution is 5.99. The summed E-state index contributed by atoms with van der Waals surface area (Å²) in [6.07, 6.45) is 1.72. The topological polar surface area (TPSA) is 42.0 Å². The van der Waals surface area contributed by atoms with Crippen LogP contribution in [0.5, 0.6) is 0 Å². The van der Waals surface area contributed by atoms with Crippen LogP contribution in [0.4, 0.5) is 5.69 Å². The number of pyridine rings is 1. The van der Waals surface area contributed by atoms with Crippen molar-refractivity contribution in [3.63, 3.8) is 0 Å². The Morgan fingerprint density at radius 3 is 2.64 bits per heavy atom. The molecular formula is C19H18N2O. The van der Waals surface area contributed by atoms with E-state index in [9.17, 15) is 4.79 Å². The summed E-state index contributed by atoms with van der Waals surface area (Å²) >= 11 is 0. The van der Waals surface area contributed by atoms with E-state index in [4.69, 9.17) is 0 Å². The first-order valence-electron chi connectivity index (χ1n) is 7.37. The van der Waals surface area contributed by atoms with Gasteiger partial charge in [0.2, 0.25) is 5.91 Å². The lowest BCUT2D eigenvalue weighted by molar-refractivity contribution is -0.117. The van der Waals surface area contributed by atoms with Crippen LogP contribution in [0.25, 0.3) is 10.8 Å². The highest BCUT2D eigenvalue weighted by Gasteiger charge is 2.18. The maximum Gasteiger partial charge on any atom is 0.231 e. The number of anilines is 1. The molecule has 0 spiro atoms. The van der Waals surface area contributed by atoms with Crippen LogP contribution < -0.4 is 5.32 Å². The van der Waals surface area contributed by atoms with Gasteiger partial charge in [0.25, 0.3) is 0 Å². The number of fused-ring (bicyclic) bond motifs is 1. The lowest BCUT2D eigenvalue weighted by Gasteiger charge is -2.15. The Bertz CT molecular complexity index is 821. The van der Waals surface area contributed by atoms with Gasteiger partial charge in [0.05, 0.1) is 17.3 Å². The van der Waals surface area contributed by atoms with Crippen LogP contribution in [0.2, 0.25) is 0 Å². The predicted molar refractivity (Wildman–Crippen MR) is 90.0 cm³/mol. The standard InChI is InChI=1S/C19H18N2O/c1-13(19(22)21-18-11-6-12-20-14(18)2)16-10-5-8-15-7-3-4-9-17(15)16/h3-13H,1-2H3,(H,21,22). The summed E-state index contributed by atoms with van der Waals surface area (Å²) in [4.78, 5) is 16.8. The first-order valence-corrected chi connectivity index (χ1v) is 7.37. The van der Waals surface area contributed by atoms with E-state index >= 15 is 0 Å². The third-order valence-electron chi connectivity index (χ3n) is 3.95. The number of aromatic nitrogens is 1. The van der Waals surface area contributed by atoms with E-state index in [1.165, 1.54) is 0 Å². The van der Waals surface area contributed by atoms with Crippen molar-refractivity contribution in [3.05, 3.63) is 72.1 Å². The lowest BCUT2D eigenvalue weighted by Crippen LogP contribution is -2.19. The fraction of sp³-hybridized carbons (Fsp3) is 0.158. The number of carbonyl (C=O) groups is 1. The van der Waals surface area contributed by atoms with Crippen molar-refractivity contribution in [1.29, 1.82) is 0 Å². The van der Waals surface area contributed by atoms with Crippen molar-refractivity contribution in [2.24, 2.45) is 0 Å². The van der Waals surface area contributed by atoms with Gasteiger partial charge in [-0.3, -0.25) is 9.78 Å². The Morgan fingerprint density at radius 2 is 1.82 bits per heavy atom. The summed E-state index contributed by atoms with van der Waals surface area (Å²) in [6.45, 7) is 3.82. The SMILES string of the molecule is Cc1ncccc1NC(=O)C(C)c1cccc2ccccc12. The summed E-state index contributed by atoms with van der Waals surface area (Å²) in [5.41, 5.74) is 2.62. The van der Waals surface area contributed by atoms with Crippen molar-refractivity contribution in [3.8, 4) is 0 Å². The monoisotopic (exact) mass is 290 g/mol. The molecule has 3 nitrogen and oxygen atoms in total. The minimum absolute atomic E-state index is 0.0209. The maximum absolute atomic E-state index is 12.6. The molecule has 3 heteroatoms. The molecule has 0 aliphatic rings. The third kappa shape index (κ3) is 2.70. The number of hydrogen-bond acceptors (Lipinski definition) is 2. The van der Waals surface area contributed by atoms with Crippen LogP contribution in [-0.4, -0.2) is 10.9 Å². The first kappa shape index (κ1) is 14.3. The Labute approximate surface area is 130 Å². The van der Waals surface area contributed by atoms with E-state index < -0.39 is 0 Å². The van der Waals surface area contributed by atoms with Gasteiger partial charge in [0.15, 0.2) is 0 Å². The Hall–Kier alpha value is -2.68. The van der Waals surface area contributed by atoms with Crippen molar-refractivity contribution in [2.45, 2.75) is 19.8 Å². The average molecular weight is 290 g/mol. The third-order valence-corrected chi connectivity index (χ3v) is 3.95. The molecule has 1 atom stereocenters. The minimum Gasteiger partial charge on any atom is -0.324 e. The molecule has 1 heterocycles. The second-order valence-electron chi connectivity index (χ2n) is 5.42. The molecule has 3 rings (SSSR count). The second-order valence-corrected chi connectivity index (χ2v) is 5.42. The van der Waals surface area contributed by atoms with Gasteiger partial charge in [-0.15, -0.1) is 0 Å². The van der Waals surface area contributed by atoms with Crippen LogP contribution in [0, 0.1) is 6.92 Å². The fourth-order valence-corrected chi connectivity index (χ4v) is 2.63. The molecule has 0 aliphatic carbocycles. The van der Waals surface area contributed by atoms with Gasteiger partial charge in [-0.2, -0.15) is 0 Å². The molecule has 0 saturated carbocycles. The van der Waals surface area contributed by atoms with Crippen molar-refractivity contribution < 1.29 is 4.79 Å². The molecule has 2 aromatic carbocycles. The van der Waals surface area contributed by atoms with Crippen molar-refractivity contribution >= 4 is 22.4 Å². The van der Waals surface area contributed by atoms with Gasteiger partial charge in [-0.25, -0.2) is 0 Å². The van der Waals surface area contributed by atoms with Gasteiger partial charge < -0.3 is 5.32 Å². The van der Waals surface area contributed by atoms with Crippen LogP contribution >= 0.6 is 0 Å². The van der Waals surface area contributed by atoms with Gasteiger partial charge in [0, 0.05) is 6.20 Å². The normalized spacial score (nSPS) is 12.1. The largest absolute Gasteiger partial charge is 0.324 e. The van der Waals surface area contributed by atoms with Crippen LogP contribution in [0.3, 0.4) is 0 Å². The summed E-state index contributed by atoms with van der Waals surface area (Å²) in [7, 11) is 0. The number of amides is 1. The summed E-state index contributed by atoms with van der Waals surface area (Å²) in [5.74, 6) is -0.252. The molecule has 0 bridgehead atoms. The van der Waals surface area contributed by atoms with Crippen molar-refractivity contribution in [1.82, 2.24) is 4.98 Å². The van der Waals surface area contributed by atoms with Crippen LogP contribution in [0.15, 0.2) is 60.8 Å². The van der Waals surface area contributed by atoms with E-state index in [0.717, 1.165) is 27.7 Å². The van der Waals surface area contributed by atoms with Crippen LogP contribution in [0.1, 0.15) is 24.1 Å². The molecule has 110 valence electrons. The number of nitrogens with one attached hydrogen (secondary N) is 1. The number of carbonyl (C=O) groups excluding carboxylic acids is 1. The van der Waals surface area contributed by atoms with E-state index in [0.29, 0.717) is 0 Å². The molecule has 0 saturated heterocycles. The number of nitrogens with zero attached hydrogens (tertiary/aromatic N) is 1. The molecule has 22 heavy (non-hydrogen) atoms. The quantitative estimate of drug-likeness (QED) is 0.782. The van der Waals surface area contributed by atoms with Crippen molar-refractivity contribution in [2.75, 3.05) is 5.32 Å². The zero-order valence-corrected chi connectivity index (χ0v) is 12.7. The molecule has 1 unspecified atom stereocenters. The Balaban J connectivity index is 1.91. The maximum atomic E-state index is 12.6. The fourth-order valence-electron chi connectivity index (χ4n) is 2.63. The number of hydrogen-bond donors (Lipinski definition) is 1. The highest BCUT2D eigenvalue weighted by atomic mass is 16.1. The Kier molecular flexibility index (Phi) is 3.88. The van der Waals surface area contributed by atoms with Crippen LogP contribution in [-0.2, 0) is 4.79 Å². The average Bonchev–Trinajstić information content (AvgIpc) is 2.55.